The lowest BCUT2D eigenvalue weighted by Gasteiger charge is -2.12. The summed E-state index contributed by atoms with van der Waals surface area (Å²) >= 11 is 0. The monoisotopic (exact) mass is 368 g/mol. The van der Waals surface area contributed by atoms with Gasteiger partial charge in [0.2, 0.25) is 0 Å². The second-order valence-electron chi connectivity index (χ2n) is 6.53. The van der Waals surface area contributed by atoms with Gasteiger partial charge in [-0.2, -0.15) is 0 Å². The minimum Gasteiger partial charge on any atom is -0.489 e. The number of benzene rings is 4. The highest BCUT2D eigenvalue weighted by Crippen LogP contribution is 2.27. The molecule has 0 aliphatic carbocycles. The van der Waals surface area contributed by atoms with Gasteiger partial charge >= 0.3 is 5.97 Å². The highest BCUT2D eigenvalue weighted by molar-refractivity contribution is 6.05. The van der Waals surface area contributed by atoms with Gasteiger partial charge in [-0.15, -0.1) is 0 Å². The summed E-state index contributed by atoms with van der Waals surface area (Å²) in [6, 6.07) is 31.1. The van der Waals surface area contributed by atoms with E-state index in [2.05, 4.69) is 0 Å². The maximum atomic E-state index is 12.8. The summed E-state index contributed by atoms with van der Waals surface area (Å²) in [5, 5.41) is 1.80. The molecular formula is C25H20O3. The molecule has 3 nitrogen and oxygen atoms in total. The number of carbonyl (C=O) groups is 1. The molecule has 0 atom stereocenters. The molecule has 0 saturated carbocycles. The second-order valence-corrected chi connectivity index (χ2v) is 6.53. The van der Waals surface area contributed by atoms with Crippen LogP contribution in [-0.2, 0) is 18.0 Å². The molecule has 0 bridgehead atoms. The molecule has 28 heavy (non-hydrogen) atoms. The third-order valence-electron chi connectivity index (χ3n) is 4.52. The Kier molecular flexibility index (Phi) is 5.34. The van der Waals surface area contributed by atoms with Crippen LogP contribution in [0.1, 0.15) is 21.5 Å². The molecule has 0 aromatic heterocycles. The zero-order valence-corrected chi connectivity index (χ0v) is 15.4. The van der Waals surface area contributed by atoms with Crippen molar-refractivity contribution < 1.29 is 14.3 Å². The van der Waals surface area contributed by atoms with Gasteiger partial charge < -0.3 is 9.47 Å². The molecular weight excluding hydrogens is 348 g/mol. The van der Waals surface area contributed by atoms with Crippen molar-refractivity contribution in [2.24, 2.45) is 0 Å². The molecule has 0 amide bonds. The zero-order chi connectivity index (χ0) is 19.2. The lowest BCUT2D eigenvalue weighted by molar-refractivity contribution is 0.0474. The van der Waals surface area contributed by atoms with Crippen molar-refractivity contribution in [1.82, 2.24) is 0 Å². The number of ether oxygens (including phenoxy) is 2. The Morgan fingerprint density at radius 2 is 1.29 bits per heavy atom. The first-order valence-electron chi connectivity index (χ1n) is 9.20. The molecule has 4 rings (SSSR count). The summed E-state index contributed by atoms with van der Waals surface area (Å²) in [4.78, 5) is 12.8. The molecule has 0 saturated heterocycles. The van der Waals surface area contributed by atoms with Crippen LogP contribution in [0.25, 0.3) is 10.8 Å². The van der Waals surface area contributed by atoms with Crippen molar-refractivity contribution >= 4 is 16.7 Å². The SMILES string of the molecule is O=C(OCc1ccccc1)c1cc(OCc2ccccc2)cc2ccccc12. The number of esters is 1. The minimum absolute atomic E-state index is 0.239. The summed E-state index contributed by atoms with van der Waals surface area (Å²) in [7, 11) is 0. The predicted octanol–water partition coefficient (Wildman–Crippen LogP) is 5.78. The van der Waals surface area contributed by atoms with Crippen molar-refractivity contribution in [3.05, 3.63) is 114 Å². The van der Waals surface area contributed by atoms with E-state index in [0.29, 0.717) is 17.9 Å². The van der Waals surface area contributed by atoms with Gasteiger partial charge in [-0.1, -0.05) is 84.9 Å². The van der Waals surface area contributed by atoms with Crippen LogP contribution in [0.4, 0.5) is 0 Å². The first-order valence-corrected chi connectivity index (χ1v) is 9.20. The molecule has 0 aliphatic rings. The summed E-state index contributed by atoms with van der Waals surface area (Å²) in [5.74, 6) is 0.291. The summed E-state index contributed by atoms with van der Waals surface area (Å²) < 4.78 is 11.5. The van der Waals surface area contributed by atoms with Crippen LogP contribution < -0.4 is 4.74 Å². The molecule has 0 unspecified atom stereocenters. The predicted molar refractivity (Wildman–Crippen MR) is 110 cm³/mol. The Bertz CT molecular complexity index is 1070. The lowest BCUT2D eigenvalue weighted by Crippen LogP contribution is -2.07. The van der Waals surface area contributed by atoms with E-state index in [0.717, 1.165) is 21.9 Å². The van der Waals surface area contributed by atoms with Crippen LogP contribution in [0, 0.1) is 0 Å². The number of fused-ring (bicyclic) bond motifs is 1. The summed E-state index contributed by atoms with van der Waals surface area (Å²) in [6.45, 7) is 0.681. The van der Waals surface area contributed by atoms with Gasteiger partial charge in [0.05, 0.1) is 5.56 Å². The summed E-state index contributed by atoms with van der Waals surface area (Å²) in [6.07, 6.45) is 0. The number of rotatable bonds is 6. The van der Waals surface area contributed by atoms with Gasteiger partial charge in [-0.05, 0) is 34.0 Å². The first kappa shape index (κ1) is 17.8. The van der Waals surface area contributed by atoms with Gasteiger partial charge in [0.15, 0.2) is 0 Å². The Morgan fingerprint density at radius 3 is 2.00 bits per heavy atom. The van der Waals surface area contributed by atoms with Crippen LogP contribution in [0.15, 0.2) is 97.1 Å². The Balaban J connectivity index is 1.57. The van der Waals surface area contributed by atoms with Crippen molar-refractivity contribution in [1.29, 1.82) is 0 Å². The number of hydrogen-bond acceptors (Lipinski definition) is 3. The third kappa shape index (κ3) is 4.21. The number of hydrogen-bond donors (Lipinski definition) is 0. The molecule has 3 heteroatoms. The molecule has 0 aliphatic heterocycles. The largest absolute Gasteiger partial charge is 0.489 e. The van der Waals surface area contributed by atoms with Gasteiger partial charge in [0.1, 0.15) is 19.0 Å². The molecule has 0 heterocycles. The van der Waals surface area contributed by atoms with Crippen LogP contribution in [0.5, 0.6) is 5.75 Å². The average Bonchev–Trinajstić information content (AvgIpc) is 2.77. The standard InChI is InChI=1S/C25H20O3/c26-25(28-18-20-11-5-2-6-12-20)24-16-22(15-21-13-7-8-14-23(21)24)27-17-19-9-3-1-4-10-19/h1-16H,17-18H2. The molecule has 0 fully saturated rings. The molecule has 4 aromatic carbocycles. The van der Waals surface area contributed by atoms with E-state index in [9.17, 15) is 4.79 Å². The van der Waals surface area contributed by atoms with Gasteiger partial charge in [-0.3, -0.25) is 0 Å². The van der Waals surface area contributed by atoms with E-state index >= 15 is 0 Å². The van der Waals surface area contributed by atoms with Crippen LogP contribution in [0.3, 0.4) is 0 Å². The Hall–Kier alpha value is -3.59. The van der Waals surface area contributed by atoms with Crippen LogP contribution in [0.2, 0.25) is 0 Å². The van der Waals surface area contributed by atoms with Crippen molar-refractivity contribution in [2.45, 2.75) is 13.2 Å². The Morgan fingerprint density at radius 1 is 0.679 bits per heavy atom. The van der Waals surface area contributed by atoms with Crippen LogP contribution in [-0.4, -0.2) is 5.97 Å². The second kappa shape index (κ2) is 8.40. The van der Waals surface area contributed by atoms with E-state index in [4.69, 9.17) is 9.47 Å². The maximum absolute atomic E-state index is 12.8. The van der Waals surface area contributed by atoms with Crippen molar-refractivity contribution in [3.8, 4) is 5.75 Å². The molecule has 0 N–H and O–H groups in total. The van der Waals surface area contributed by atoms with E-state index in [1.807, 2.05) is 91.0 Å². The van der Waals surface area contributed by atoms with E-state index < -0.39 is 0 Å². The van der Waals surface area contributed by atoms with Gasteiger partial charge in [0, 0.05) is 0 Å². The van der Waals surface area contributed by atoms with Gasteiger partial charge in [-0.25, -0.2) is 4.79 Å². The molecule has 4 aromatic rings. The van der Waals surface area contributed by atoms with E-state index in [1.54, 1.807) is 6.07 Å². The van der Waals surface area contributed by atoms with E-state index in [-0.39, 0.29) is 12.6 Å². The van der Waals surface area contributed by atoms with Crippen molar-refractivity contribution in [3.63, 3.8) is 0 Å². The molecule has 0 radical (unpaired) electrons. The highest BCUT2D eigenvalue weighted by Gasteiger charge is 2.14. The fourth-order valence-corrected chi connectivity index (χ4v) is 3.08. The molecule has 138 valence electrons. The smallest absolute Gasteiger partial charge is 0.339 e. The fourth-order valence-electron chi connectivity index (χ4n) is 3.08. The number of carbonyl (C=O) groups excluding carboxylic acids is 1. The topological polar surface area (TPSA) is 35.5 Å². The first-order chi connectivity index (χ1) is 13.8. The average molecular weight is 368 g/mol. The van der Waals surface area contributed by atoms with Gasteiger partial charge in [0.25, 0.3) is 0 Å². The van der Waals surface area contributed by atoms with Crippen LogP contribution >= 0.6 is 0 Å². The fraction of sp³-hybridized carbons (Fsp3) is 0.0800. The zero-order valence-electron chi connectivity index (χ0n) is 15.4. The van der Waals surface area contributed by atoms with Crippen molar-refractivity contribution in [2.75, 3.05) is 0 Å². The maximum Gasteiger partial charge on any atom is 0.339 e. The summed E-state index contributed by atoms with van der Waals surface area (Å²) in [5.41, 5.74) is 2.54. The minimum atomic E-state index is -0.356. The normalized spacial score (nSPS) is 10.6. The quantitative estimate of drug-likeness (QED) is 0.405. The van der Waals surface area contributed by atoms with E-state index in [1.165, 1.54) is 0 Å². The Labute approximate surface area is 164 Å². The molecule has 0 spiro atoms. The highest BCUT2D eigenvalue weighted by atomic mass is 16.5. The lowest BCUT2D eigenvalue weighted by atomic mass is 10.0. The third-order valence-corrected chi connectivity index (χ3v) is 4.52.